The number of benzene rings is 3. The Morgan fingerprint density at radius 1 is 0.788 bits per heavy atom. The smallest absolute Gasteiger partial charge is 0.372 e. The van der Waals surface area contributed by atoms with Gasteiger partial charge < -0.3 is 9.80 Å². The Morgan fingerprint density at radius 3 is 1.97 bits per heavy atom. The van der Waals surface area contributed by atoms with E-state index >= 15 is 0 Å². The fraction of sp³-hybridized carbons (Fsp3) is 0.192. The molecule has 4 nitrogen and oxygen atoms in total. The molecule has 0 radical (unpaired) electrons. The van der Waals surface area contributed by atoms with Crippen molar-refractivity contribution in [3.63, 3.8) is 0 Å². The zero-order chi connectivity index (χ0) is 23.1. The number of fused-ring (bicyclic) bond motifs is 1. The number of para-hydroxylation sites is 1. The molecule has 2 aliphatic rings. The molecule has 0 spiro atoms. The van der Waals surface area contributed by atoms with Crippen LogP contribution < -0.4 is 5.01 Å². The average Bonchev–Trinajstić information content (AvgIpc) is 3.10. The van der Waals surface area contributed by atoms with Gasteiger partial charge in [0.1, 0.15) is 0 Å². The SMILES string of the molecule is CN1CCN2C(C(F)(F)F)=NN(c3ccccc3)C2(c2ccccc2)C=C1c1ccccc1. The highest BCUT2D eigenvalue weighted by Crippen LogP contribution is 2.47. The number of likely N-dealkylation sites (N-methyl/N-ethyl adjacent to an activating group) is 1. The first-order valence-corrected chi connectivity index (χ1v) is 10.7. The van der Waals surface area contributed by atoms with Crippen molar-refractivity contribution in [1.82, 2.24) is 9.80 Å². The Bertz CT molecular complexity index is 1180. The number of anilines is 1. The fourth-order valence-corrected chi connectivity index (χ4v) is 4.58. The van der Waals surface area contributed by atoms with E-state index in [1.807, 2.05) is 96.9 Å². The largest absolute Gasteiger partial charge is 0.451 e. The summed E-state index contributed by atoms with van der Waals surface area (Å²) in [5, 5.41) is 5.71. The van der Waals surface area contributed by atoms with Crippen molar-refractivity contribution < 1.29 is 13.2 Å². The lowest BCUT2D eigenvalue weighted by Crippen LogP contribution is -2.54. The molecule has 0 saturated carbocycles. The van der Waals surface area contributed by atoms with Crippen molar-refractivity contribution in [2.75, 3.05) is 25.1 Å². The van der Waals surface area contributed by atoms with Gasteiger partial charge in [0.05, 0.1) is 5.69 Å². The molecule has 5 rings (SSSR count). The molecule has 2 heterocycles. The lowest BCUT2D eigenvalue weighted by atomic mass is 9.93. The second kappa shape index (κ2) is 7.99. The molecule has 3 aromatic rings. The Labute approximate surface area is 190 Å². The summed E-state index contributed by atoms with van der Waals surface area (Å²) in [6.07, 6.45) is -2.69. The zero-order valence-electron chi connectivity index (χ0n) is 18.1. The summed E-state index contributed by atoms with van der Waals surface area (Å²) in [7, 11) is 1.91. The molecule has 33 heavy (non-hydrogen) atoms. The van der Waals surface area contributed by atoms with Crippen LogP contribution in [0.2, 0.25) is 0 Å². The predicted octanol–water partition coefficient (Wildman–Crippen LogP) is 5.52. The summed E-state index contributed by atoms with van der Waals surface area (Å²) in [6.45, 7) is 0.562. The van der Waals surface area contributed by atoms with E-state index in [0.29, 0.717) is 17.8 Å². The van der Waals surface area contributed by atoms with Crippen LogP contribution in [0.25, 0.3) is 5.70 Å². The summed E-state index contributed by atoms with van der Waals surface area (Å²) in [5.41, 5.74) is 1.79. The van der Waals surface area contributed by atoms with Gasteiger partial charge in [-0.15, -0.1) is 5.10 Å². The molecule has 0 aliphatic carbocycles. The number of alkyl halides is 3. The highest BCUT2D eigenvalue weighted by molar-refractivity contribution is 5.93. The molecular formula is C26H23F3N4. The maximum absolute atomic E-state index is 14.3. The van der Waals surface area contributed by atoms with E-state index in [-0.39, 0.29) is 6.54 Å². The summed E-state index contributed by atoms with van der Waals surface area (Å²) in [6, 6.07) is 28.1. The Balaban J connectivity index is 1.83. The predicted molar refractivity (Wildman–Crippen MR) is 124 cm³/mol. The van der Waals surface area contributed by atoms with Gasteiger partial charge in [-0.2, -0.15) is 13.2 Å². The number of hydrogen-bond acceptors (Lipinski definition) is 4. The topological polar surface area (TPSA) is 22.1 Å². The first kappa shape index (κ1) is 21.1. The van der Waals surface area contributed by atoms with Gasteiger partial charge in [0, 0.05) is 31.4 Å². The third-order valence-electron chi connectivity index (χ3n) is 6.12. The zero-order valence-corrected chi connectivity index (χ0v) is 18.1. The van der Waals surface area contributed by atoms with Gasteiger partial charge in [0.15, 0.2) is 5.66 Å². The molecule has 7 heteroatoms. The lowest BCUT2D eigenvalue weighted by Gasteiger charge is -2.42. The summed E-state index contributed by atoms with van der Waals surface area (Å²) >= 11 is 0. The molecule has 1 unspecified atom stereocenters. The van der Waals surface area contributed by atoms with Crippen LogP contribution in [0.1, 0.15) is 11.1 Å². The van der Waals surface area contributed by atoms with Gasteiger partial charge in [-0.25, -0.2) is 5.01 Å². The number of rotatable bonds is 3. The Morgan fingerprint density at radius 2 is 1.36 bits per heavy atom. The molecule has 168 valence electrons. The van der Waals surface area contributed by atoms with E-state index < -0.39 is 17.7 Å². The van der Waals surface area contributed by atoms with Crippen LogP contribution >= 0.6 is 0 Å². The molecule has 0 N–H and O–H groups in total. The van der Waals surface area contributed by atoms with Crippen LogP contribution in [0.5, 0.6) is 0 Å². The summed E-state index contributed by atoms with van der Waals surface area (Å²) in [5.74, 6) is -0.894. The second-order valence-electron chi connectivity index (χ2n) is 8.13. The third kappa shape index (κ3) is 3.53. The molecule has 0 amide bonds. The van der Waals surface area contributed by atoms with Gasteiger partial charge >= 0.3 is 6.18 Å². The standard InChI is InChI=1S/C26H23F3N4/c1-31-17-18-32-24(26(27,28)29)30-33(22-15-9-4-10-16-22)25(32,21-13-7-3-8-14-21)19-23(31)20-11-5-2-6-12-20/h2-16,19H,17-18H2,1H3. The number of hydrogen-bond donors (Lipinski definition) is 0. The minimum Gasteiger partial charge on any atom is -0.372 e. The van der Waals surface area contributed by atoms with Crippen LogP contribution in [0.4, 0.5) is 18.9 Å². The van der Waals surface area contributed by atoms with Crippen LogP contribution in [0.15, 0.2) is 102 Å². The molecule has 0 fully saturated rings. The molecule has 0 saturated heterocycles. The fourth-order valence-electron chi connectivity index (χ4n) is 4.58. The number of hydrazone groups is 1. The van der Waals surface area contributed by atoms with Crippen molar-refractivity contribution in [2.45, 2.75) is 11.8 Å². The summed E-state index contributed by atoms with van der Waals surface area (Å²) in [4.78, 5) is 3.40. The van der Waals surface area contributed by atoms with E-state index in [2.05, 4.69) is 5.10 Å². The molecule has 2 aliphatic heterocycles. The quantitative estimate of drug-likeness (QED) is 0.527. The molecule has 1 atom stereocenters. The van der Waals surface area contributed by atoms with Crippen molar-refractivity contribution in [3.05, 3.63) is 108 Å². The number of halogens is 3. The first-order valence-electron chi connectivity index (χ1n) is 10.7. The molecular weight excluding hydrogens is 425 g/mol. The third-order valence-corrected chi connectivity index (χ3v) is 6.12. The monoisotopic (exact) mass is 448 g/mol. The molecule has 0 bridgehead atoms. The van der Waals surface area contributed by atoms with Crippen LogP contribution in [0, 0.1) is 0 Å². The van der Waals surface area contributed by atoms with Crippen molar-refractivity contribution in [1.29, 1.82) is 0 Å². The minimum atomic E-state index is -4.60. The van der Waals surface area contributed by atoms with E-state index in [9.17, 15) is 13.2 Å². The van der Waals surface area contributed by atoms with Crippen molar-refractivity contribution in [2.24, 2.45) is 5.10 Å². The summed E-state index contributed by atoms with van der Waals surface area (Å²) < 4.78 is 43.0. The minimum absolute atomic E-state index is 0.153. The normalized spacial score (nSPS) is 20.8. The average molecular weight is 448 g/mol. The van der Waals surface area contributed by atoms with Crippen LogP contribution in [-0.2, 0) is 5.66 Å². The maximum Gasteiger partial charge on any atom is 0.451 e. The van der Waals surface area contributed by atoms with E-state index in [1.165, 1.54) is 9.91 Å². The van der Waals surface area contributed by atoms with Gasteiger partial charge in [-0.05, 0) is 23.8 Å². The first-order chi connectivity index (χ1) is 15.9. The Hall–Kier alpha value is -3.74. The van der Waals surface area contributed by atoms with Crippen molar-refractivity contribution >= 4 is 17.2 Å². The number of nitrogens with zero attached hydrogens (tertiary/aromatic N) is 4. The van der Waals surface area contributed by atoms with Gasteiger partial charge in [0.25, 0.3) is 0 Å². The van der Waals surface area contributed by atoms with Gasteiger partial charge in [-0.1, -0.05) is 78.9 Å². The maximum atomic E-state index is 14.3. The number of amidine groups is 1. The molecule has 0 aromatic heterocycles. The van der Waals surface area contributed by atoms with Gasteiger partial charge in [-0.3, -0.25) is 0 Å². The van der Waals surface area contributed by atoms with Crippen molar-refractivity contribution in [3.8, 4) is 0 Å². The van der Waals surface area contributed by atoms with E-state index in [4.69, 9.17) is 0 Å². The molecule has 3 aromatic carbocycles. The van der Waals surface area contributed by atoms with Crippen LogP contribution in [0.3, 0.4) is 0 Å². The second-order valence-corrected chi connectivity index (χ2v) is 8.13. The van der Waals surface area contributed by atoms with E-state index in [1.54, 1.807) is 12.1 Å². The Kier molecular flexibility index (Phi) is 5.12. The highest BCUT2D eigenvalue weighted by Gasteiger charge is 2.57. The van der Waals surface area contributed by atoms with Crippen LogP contribution in [-0.4, -0.2) is 41.9 Å². The highest BCUT2D eigenvalue weighted by atomic mass is 19.4. The lowest BCUT2D eigenvalue weighted by molar-refractivity contribution is -0.0701. The van der Waals surface area contributed by atoms with E-state index in [0.717, 1.165) is 11.3 Å². The van der Waals surface area contributed by atoms with Gasteiger partial charge in [0.2, 0.25) is 5.84 Å².